The van der Waals surface area contributed by atoms with E-state index in [0.29, 0.717) is 12.3 Å². The quantitative estimate of drug-likeness (QED) is 0.428. The van der Waals surface area contributed by atoms with Crippen molar-refractivity contribution in [1.29, 1.82) is 0 Å². The zero-order valence-corrected chi connectivity index (χ0v) is 19.7. The summed E-state index contributed by atoms with van der Waals surface area (Å²) in [6, 6.07) is 19.3. The van der Waals surface area contributed by atoms with Gasteiger partial charge in [0, 0.05) is 24.2 Å². The Bertz CT molecular complexity index is 1050. The molecule has 4 heteroatoms. The molecule has 0 spiro atoms. The molecule has 2 aromatic carbocycles. The molecule has 168 valence electrons. The van der Waals surface area contributed by atoms with Gasteiger partial charge in [-0.25, -0.2) is 0 Å². The fraction of sp³-hybridized carbons (Fsp3) is 0.429. The summed E-state index contributed by atoms with van der Waals surface area (Å²) in [7, 11) is 0. The fourth-order valence-corrected chi connectivity index (χ4v) is 4.63. The molecule has 1 aromatic heterocycles. The largest absolute Gasteiger partial charge is 0.460 e. The third-order valence-corrected chi connectivity index (χ3v) is 6.29. The zero-order valence-electron chi connectivity index (χ0n) is 19.7. The molecule has 0 radical (unpaired) electrons. The molecule has 0 amide bonds. The average Bonchev–Trinajstić information content (AvgIpc) is 3.06. The summed E-state index contributed by atoms with van der Waals surface area (Å²) in [6.07, 6.45) is 4.55. The van der Waals surface area contributed by atoms with Gasteiger partial charge in [-0.15, -0.1) is 0 Å². The molecule has 0 N–H and O–H groups in total. The Kier molecular flexibility index (Phi) is 6.50. The second-order valence-electron chi connectivity index (χ2n) is 9.91. The van der Waals surface area contributed by atoms with Gasteiger partial charge >= 0.3 is 5.97 Å². The lowest BCUT2D eigenvalue weighted by atomic mass is 9.93. The van der Waals surface area contributed by atoms with Crippen molar-refractivity contribution in [3.05, 3.63) is 65.9 Å². The average molecular weight is 431 g/mol. The summed E-state index contributed by atoms with van der Waals surface area (Å²) in [6.45, 7) is 8.86. The van der Waals surface area contributed by atoms with Crippen molar-refractivity contribution in [2.24, 2.45) is 5.92 Å². The van der Waals surface area contributed by atoms with Crippen LogP contribution in [0.25, 0.3) is 22.4 Å². The van der Waals surface area contributed by atoms with E-state index in [1.807, 2.05) is 20.8 Å². The highest BCUT2D eigenvalue weighted by Gasteiger charge is 2.22. The predicted octanol–water partition coefficient (Wildman–Crippen LogP) is 6.60. The number of fused-ring (bicyclic) bond motifs is 1. The number of carbonyl (C=O) groups excluding carboxylic acids is 1. The van der Waals surface area contributed by atoms with E-state index < -0.39 is 5.60 Å². The number of esters is 1. The molecule has 0 aliphatic carbocycles. The minimum Gasteiger partial charge on any atom is -0.460 e. The van der Waals surface area contributed by atoms with Gasteiger partial charge in [-0.1, -0.05) is 48.5 Å². The lowest BCUT2D eigenvalue weighted by Gasteiger charge is -2.20. The van der Waals surface area contributed by atoms with E-state index in [0.717, 1.165) is 37.9 Å². The smallest absolute Gasteiger partial charge is 0.306 e. The van der Waals surface area contributed by atoms with Crippen LogP contribution in [0, 0.1) is 12.8 Å². The zero-order chi connectivity index (χ0) is 22.7. The molecular weight excluding hydrogens is 396 g/mol. The highest BCUT2D eigenvalue weighted by molar-refractivity contribution is 5.76. The Morgan fingerprint density at radius 1 is 1.06 bits per heavy atom. The van der Waals surface area contributed by atoms with Gasteiger partial charge in [-0.2, -0.15) is 5.10 Å². The SMILES string of the molecule is Cc1c(-c2ccccc2)cccc1-c1cc2n(n1)CCC(CCC(=O)OC(C)(C)C)CC2. The third kappa shape index (κ3) is 5.29. The second-order valence-corrected chi connectivity index (χ2v) is 9.91. The van der Waals surface area contributed by atoms with Crippen molar-refractivity contribution in [2.45, 2.75) is 71.9 Å². The van der Waals surface area contributed by atoms with Gasteiger partial charge in [0.05, 0.1) is 5.69 Å². The summed E-state index contributed by atoms with van der Waals surface area (Å²) in [5.74, 6) is 0.450. The molecule has 0 saturated heterocycles. The molecule has 0 saturated carbocycles. The summed E-state index contributed by atoms with van der Waals surface area (Å²) < 4.78 is 7.65. The number of hydrogen-bond donors (Lipinski definition) is 0. The number of aromatic nitrogens is 2. The van der Waals surface area contributed by atoms with Gasteiger partial charge in [0.1, 0.15) is 5.60 Å². The van der Waals surface area contributed by atoms with Crippen LogP contribution in [0.4, 0.5) is 0 Å². The first-order valence-corrected chi connectivity index (χ1v) is 11.7. The predicted molar refractivity (Wildman–Crippen MR) is 129 cm³/mol. The van der Waals surface area contributed by atoms with E-state index in [1.165, 1.54) is 27.9 Å². The Morgan fingerprint density at radius 3 is 2.56 bits per heavy atom. The van der Waals surface area contributed by atoms with Crippen LogP contribution in [0.15, 0.2) is 54.6 Å². The molecule has 4 rings (SSSR count). The van der Waals surface area contributed by atoms with Crippen LogP contribution in [0.5, 0.6) is 0 Å². The van der Waals surface area contributed by atoms with Crippen molar-refractivity contribution in [1.82, 2.24) is 9.78 Å². The highest BCUT2D eigenvalue weighted by atomic mass is 16.6. The Hall–Kier alpha value is -2.88. The molecule has 1 aliphatic heterocycles. The lowest BCUT2D eigenvalue weighted by Crippen LogP contribution is -2.24. The van der Waals surface area contributed by atoms with Crippen LogP contribution in [0.1, 0.15) is 57.7 Å². The van der Waals surface area contributed by atoms with Crippen molar-refractivity contribution in [3.8, 4) is 22.4 Å². The van der Waals surface area contributed by atoms with Crippen LogP contribution in [0.2, 0.25) is 0 Å². The van der Waals surface area contributed by atoms with Crippen molar-refractivity contribution < 1.29 is 9.53 Å². The molecule has 0 bridgehead atoms. The van der Waals surface area contributed by atoms with Crippen molar-refractivity contribution in [3.63, 3.8) is 0 Å². The number of nitrogens with zero attached hydrogens (tertiary/aromatic N) is 2. The van der Waals surface area contributed by atoms with E-state index in [9.17, 15) is 4.79 Å². The van der Waals surface area contributed by atoms with E-state index in [1.54, 1.807) is 0 Å². The van der Waals surface area contributed by atoms with Crippen LogP contribution < -0.4 is 0 Å². The van der Waals surface area contributed by atoms with Crippen LogP contribution in [0.3, 0.4) is 0 Å². The number of rotatable bonds is 5. The van der Waals surface area contributed by atoms with Gasteiger partial charge in [0.25, 0.3) is 0 Å². The maximum absolute atomic E-state index is 12.1. The molecule has 0 fully saturated rings. The second kappa shape index (κ2) is 9.32. The topological polar surface area (TPSA) is 44.1 Å². The highest BCUT2D eigenvalue weighted by Crippen LogP contribution is 2.33. The first kappa shape index (κ1) is 22.3. The van der Waals surface area contributed by atoms with Gasteiger partial charge in [0.2, 0.25) is 0 Å². The Labute approximate surface area is 191 Å². The molecule has 1 atom stereocenters. The maximum Gasteiger partial charge on any atom is 0.306 e. The molecule has 1 aliphatic rings. The van der Waals surface area contributed by atoms with Crippen molar-refractivity contribution >= 4 is 5.97 Å². The molecule has 4 nitrogen and oxygen atoms in total. The van der Waals surface area contributed by atoms with Gasteiger partial charge in [0.15, 0.2) is 0 Å². The maximum atomic E-state index is 12.1. The molecule has 32 heavy (non-hydrogen) atoms. The normalized spacial score (nSPS) is 16.3. The minimum absolute atomic E-state index is 0.0875. The van der Waals surface area contributed by atoms with Crippen LogP contribution in [-0.4, -0.2) is 21.4 Å². The number of ether oxygens (including phenoxy) is 1. The number of benzene rings is 2. The van der Waals surface area contributed by atoms with E-state index in [-0.39, 0.29) is 5.97 Å². The van der Waals surface area contributed by atoms with Crippen LogP contribution in [-0.2, 0) is 22.5 Å². The van der Waals surface area contributed by atoms with E-state index in [4.69, 9.17) is 9.84 Å². The third-order valence-electron chi connectivity index (χ3n) is 6.29. The molecule has 3 aromatic rings. The van der Waals surface area contributed by atoms with Crippen LogP contribution >= 0.6 is 0 Å². The number of carbonyl (C=O) groups is 1. The monoisotopic (exact) mass is 430 g/mol. The summed E-state index contributed by atoms with van der Waals surface area (Å²) in [4.78, 5) is 12.1. The molecule has 2 heterocycles. The van der Waals surface area contributed by atoms with Gasteiger partial charge < -0.3 is 4.74 Å². The standard InChI is InChI=1S/C28H34N2O2/c1-20-24(22-9-6-5-7-10-22)11-8-12-25(20)26-19-23-15-13-21(17-18-30(23)29-26)14-16-27(31)32-28(2,3)4/h5-12,19,21H,13-18H2,1-4H3. The Balaban J connectivity index is 1.44. The van der Waals surface area contributed by atoms with Crippen molar-refractivity contribution in [2.75, 3.05) is 0 Å². The van der Waals surface area contributed by atoms with E-state index in [2.05, 4.69) is 66.2 Å². The first-order chi connectivity index (χ1) is 15.3. The summed E-state index contributed by atoms with van der Waals surface area (Å²) in [5.41, 5.74) is 6.91. The molecule has 1 unspecified atom stereocenters. The lowest BCUT2D eigenvalue weighted by molar-refractivity contribution is -0.155. The van der Waals surface area contributed by atoms with Gasteiger partial charge in [-0.05, 0) is 82.1 Å². The summed E-state index contributed by atoms with van der Waals surface area (Å²) in [5, 5.41) is 4.98. The first-order valence-electron chi connectivity index (χ1n) is 11.7. The minimum atomic E-state index is -0.408. The summed E-state index contributed by atoms with van der Waals surface area (Å²) >= 11 is 0. The fourth-order valence-electron chi connectivity index (χ4n) is 4.63. The van der Waals surface area contributed by atoms with E-state index >= 15 is 0 Å². The Morgan fingerprint density at radius 2 is 1.81 bits per heavy atom. The number of hydrogen-bond acceptors (Lipinski definition) is 3. The molecular formula is C28H34N2O2. The number of aryl methyl sites for hydroxylation is 2. The van der Waals surface area contributed by atoms with Gasteiger partial charge in [-0.3, -0.25) is 9.48 Å².